The largest absolute Gasteiger partial charge is 0.493 e. The summed E-state index contributed by atoms with van der Waals surface area (Å²) < 4.78 is 6.80. The van der Waals surface area contributed by atoms with Crippen molar-refractivity contribution in [3.05, 3.63) is 28.2 Å². The molecule has 84 valence electrons. The van der Waals surface area contributed by atoms with E-state index in [2.05, 4.69) is 35.8 Å². The normalized spacial score (nSPS) is 10.3. The molecule has 0 aliphatic rings. The maximum absolute atomic E-state index is 5.72. The first kappa shape index (κ1) is 12.9. The van der Waals surface area contributed by atoms with Crippen LogP contribution in [0, 0.1) is 6.92 Å². The fourth-order valence-corrected chi connectivity index (χ4v) is 2.17. The van der Waals surface area contributed by atoms with Crippen LogP contribution in [0.2, 0.25) is 0 Å². The standard InChI is InChI=1S/C12H17BrOS/c1-3-15-8-4-7-14-12-9-11(13)6-5-10(12)2/h5-6,9H,3-4,7-8H2,1-2H3. The summed E-state index contributed by atoms with van der Waals surface area (Å²) in [6.07, 6.45) is 1.12. The van der Waals surface area contributed by atoms with Crippen LogP contribution in [0.15, 0.2) is 22.7 Å². The minimum Gasteiger partial charge on any atom is -0.493 e. The van der Waals surface area contributed by atoms with Gasteiger partial charge in [0.15, 0.2) is 0 Å². The Morgan fingerprint density at radius 3 is 2.93 bits per heavy atom. The number of ether oxygens (including phenoxy) is 1. The molecule has 1 nitrogen and oxygen atoms in total. The number of aryl methyl sites for hydroxylation is 1. The zero-order valence-corrected chi connectivity index (χ0v) is 11.7. The number of halogens is 1. The molecule has 0 heterocycles. The second kappa shape index (κ2) is 7.18. The van der Waals surface area contributed by atoms with Gasteiger partial charge >= 0.3 is 0 Å². The summed E-state index contributed by atoms with van der Waals surface area (Å²) >= 11 is 5.41. The third-order valence-electron chi connectivity index (χ3n) is 2.04. The van der Waals surface area contributed by atoms with Gasteiger partial charge in [-0.2, -0.15) is 11.8 Å². The summed E-state index contributed by atoms with van der Waals surface area (Å²) in [4.78, 5) is 0. The molecular formula is C12H17BrOS. The second-order valence-corrected chi connectivity index (χ2v) is 5.62. The lowest BCUT2D eigenvalue weighted by Crippen LogP contribution is -2.00. The lowest BCUT2D eigenvalue weighted by atomic mass is 10.2. The number of hydrogen-bond acceptors (Lipinski definition) is 2. The van der Waals surface area contributed by atoms with Crippen molar-refractivity contribution < 1.29 is 4.74 Å². The molecule has 0 aliphatic heterocycles. The molecule has 15 heavy (non-hydrogen) atoms. The van der Waals surface area contributed by atoms with Gasteiger partial charge in [0.05, 0.1) is 6.61 Å². The van der Waals surface area contributed by atoms with Gasteiger partial charge in [0, 0.05) is 4.47 Å². The first-order valence-electron chi connectivity index (χ1n) is 5.20. The predicted molar refractivity (Wildman–Crippen MR) is 72.0 cm³/mol. The number of hydrogen-bond donors (Lipinski definition) is 0. The van der Waals surface area contributed by atoms with Gasteiger partial charge in [0.1, 0.15) is 5.75 Å². The molecule has 0 N–H and O–H groups in total. The Hall–Kier alpha value is -0.150. The summed E-state index contributed by atoms with van der Waals surface area (Å²) in [5, 5.41) is 0. The maximum Gasteiger partial charge on any atom is 0.123 e. The van der Waals surface area contributed by atoms with E-state index in [-0.39, 0.29) is 0 Å². The minimum atomic E-state index is 0.810. The van der Waals surface area contributed by atoms with Gasteiger partial charge in [-0.05, 0) is 42.5 Å². The van der Waals surface area contributed by atoms with Crippen LogP contribution in [-0.2, 0) is 0 Å². The van der Waals surface area contributed by atoms with Crippen molar-refractivity contribution in [1.29, 1.82) is 0 Å². The highest BCUT2D eigenvalue weighted by molar-refractivity contribution is 9.10. The number of rotatable bonds is 6. The molecule has 0 aliphatic carbocycles. The monoisotopic (exact) mass is 288 g/mol. The van der Waals surface area contributed by atoms with Crippen molar-refractivity contribution in [1.82, 2.24) is 0 Å². The van der Waals surface area contributed by atoms with Crippen LogP contribution >= 0.6 is 27.7 Å². The zero-order valence-electron chi connectivity index (χ0n) is 9.25. The van der Waals surface area contributed by atoms with Crippen LogP contribution < -0.4 is 4.74 Å². The molecule has 0 fully saturated rings. The molecule has 0 unspecified atom stereocenters. The average molecular weight is 289 g/mol. The first-order valence-corrected chi connectivity index (χ1v) is 7.15. The summed E-state index contributed by atoms with van der Waals surface area (Å²) in [7, 11) is 0. The third kappa shape index (κ3) is 4.94. The molecule has 0 aromatic heterocycles. The molecule has 0 atom stereocenters. The van der Waals surface area contributed by atoms with Crippen LogP contribution in [-0.4, -0.2) is 18.1 Å². The minimum absolute atomic E-state index is 0.810. The molecule has 0 bridgehead atoms. The van der Waals surface area contributed by atoms with Crippen LogP contribution in [0.5, 0.6) is 5.75 Å². The third-order valence-corrected chi connectivity index (χ3v) is 3.52. The smallest absolute Gasteiger partial charge is 0.123 e. The maximum atomic E-state index is 5.72. The first-order chi connectivity index (χ1) is 7.24. The van der Waals surface area contributed by atoms with Gasteiger partial charge in [-0.25, -0.2) is 0 Å². The zero-order chi connectivity index (χ0) is 11.1. The van der Waals surface area contributed by atoms with Crippen LogP contribution in [0.1, 0.15) is 18.9 Å². The van der Waals surface area contributed by atoms with Gasteiger partial charge in [0.25, 0.3) is 0 Å². The lowest BCUT2D eigenvalue weighted by Gasteiger charge is -2.09. The van der Waals surface area contributed by atoms with Crippen molar-refractivity contribution in [3.8, 4) is 5.75 Å². The van der Waals surface area contributed by atoms with Crippen molar-refractivity contribution in [3.63, 3.8) is 0 Å². The Labute approximate surface area is 105 Å². The van der Waals surface area contributed by atoms with E-state index in [1.54, 1.807) is 0 Å². The van der Waals surface area contributed by atoms with E-state index in [0.717, 1.165) is 23.2 Å². The Morgan fingerprint density at radius 1 is 1.40 bits per heavy atom. The SMILES string of the molecule is CCSCCCOc1cc(Br)ccc1C. The van der Waals surface area contributed by atoms with Crippen molar-refractivity contribution in [2.45, 2.75) is 20.3 Å². The molecule has 0 saturated heterocycles. The highest BCUT2D eigenvalue weighted by Crippen LogP contribution is 2.23. The summed E-state index contributed by atoms with van der Waals surface area (Å²) in [5.41, 5.74) is 1.20. The van der Waals surface area contributed by atoms with E-state index >= 15 is 0 Å². The lowest BCUT2D eigenvalue weighted by molar-refractivity contribution is 0.316. The molecule has 0 spiro atoms. The molecule has 1 aromatic rings. The van der Waals surface area contributed by atoms with Crippen LogP contribution in [0.3, 0.4) is 0 Å². The summed E-state index contributed by atoms with van der Waals surface area (Å²) in [6, 6.07) is 6.14. The molecule has 1 aromatic carbocycles. The van der Waals surface area contributed by atoms with Crippen molar-refractivity contribution in [2.24, 2.45) is 0 Å². The molecule has 0 amide bonds. The van der Waals surface area contributed by atoms with Crippen LogP contribution in [0.4, 0.5) is 0 Å². The summed E-state index contributed by atoms with van der Waals surface area (Å²) in [5.74, 6) is 3.37. The van der Waals surface area contributed by atoms with Gasteiger partial charge < -0.3 is 4.74 Å². The van der Waals surface area contributed by atoms with E-state index in [9.17, 15) is 0 Å². The van der Waals surface area contributed by atoms with Crippen LogP contribution in [0.25, 0.3) is 0 Å². The van der Waals surface area contributed by atoms with E-state index in [0.29, 0.717) is 0 Å². The Kier molecular flexibility index (Phi) is 6.18. The fourth-order valence-electron chi connectivity index (χ4n) is 1.22. The van der Waals surface area contributed by atoms with Crippen molar-refractivity contribution >= 4 is 27.7 Å². The van der Waals surface area contributed by atoms with Gasteiger partial charge in [-0.1, -0.05) is 28.9 Å². The fraction of sp³-hybridized carbons (Fsp3) is 0.500. The predicted octanol–water partition coefficient (Wildman–Crippen LogP) is 4.28. The molecule has 0 saturated carbocycles. The topological polar surface area (TPSA) is 9.23 Å². The van der Waals surface area contributed by atoms with Gasteiger partial charge in [-0.15, -0.1) is 0 Å². The highest BCUT2D eigenvalue weighted by Gasteiger charge is 1.99. The molecule has 3 heteroatoms. The summed E-state index contributed by atoms with van der Waals surface area (Å²) in [6.45, 7) is 5.07. The molecule has 1 rings (SSSR count). The Balaban J connectivity index is 2.33. The quantitative estimate of drug-likeness (QED) is 0.723. The molecule has 0 radical (unpaired) electrons. The Bertz CT molecular complexity index is 302. The number of benzene rings is 1. The van der Waals surface area contributed by atoms with E-state index in [1.165, 1.54) is 17.1 Å². The van der Waals surface area contributed by atoms with E-state index < -0.39 is 0 Å². The second-order valence-electron chi connectivity index (χ2n) is 3.31. The number of thioether (sulfide) groups is 1. The van der Waals surface area contributed by atoms with Crippen molar-refractivity contribution in [2.75, 3.05) is 18.1 Å². The Morgan fingerprint density at radius 2 is 2.20 bits per heavy atom. The van der Waals surface area contributed by atoms with E-state index in [1.807, 2.05) is 23.9 Å². The molecular weight excluding hydrogens is 272 g/mol. The average Bonchev–Trinajstić information content (AvgIpc) is 2.23. The van der Waals surface area contributed by atoms with Gasteiger partial charge in [-0.3, -0.25) is 0 Å². The highest BCUT2D eigenvalue weighted by atomic mass is 79.9. The van der Waals surface area contributed by atoms with Gasteiger partial charge in [0.2, 0.25) is 0 Å². The van der Waals surface area contributed by atoms with E-state index in [4.69, 9.17) is 4.74 Å².